The highest BCUT2D eigenvalue weighted by molar-refractivity contribution is 7.99. The topological polar surface area (TPSA) is 95.0 Å². The van der Waals surface area contributed by atoms with E-state index in [0.29, 0.717) is 29.3 Å². The number of aliphatic imine (C=N–C) groups is 1. The maximum absolute atomic E-state index is 13.0. The number of methoxy groups -OCH3 is 2. The first-order chi connectivity index (χ1) is 15.3. The molecule has 8 nitrogen and oxygen atoms in total. The molecule has 9 heteroatoms. The van der Waals surface area contributed by atoms with Crippen LogP contribution in [0.2, 0.25) is 0 Å². The molecule has 0 saturated heterocycles. The molecule has 0 spiro atoms. The third kappa shape index (κ3) is 3.69. The van der Waals surface area contributed by atoms with Gasteiger partial charge in [0.15, 0.2) is 0 Å². The van der Waals surface area contributed by atoms with Crippen molar-refractivity contribution in [3.63, 3.8) is 0 Å². The molecule has 2 heterocycles. The van der Waals surface area contributed by atoms with Gasteiger partial charge in [-0.1, -0.05) is 12.1 Å². The minimum Gasteiger partial charge on any atom is -0.497 e. The van der Waals surface area contributed by atoms with Gasteiger partial charge in [-0.25, -0.2) is 4.79 Å². The molecule has 0 fully saturated rings. The molecule has 2 aromatic carbocycles. The Labute approximate surface area is 188 Å². The van der Waals surface area contributed by atoms with Gasteiger partial charge in [0.1, 0.15) is 17.1 Å². The average Bonchev–Trinajstić information content (AvgIpc) is 3.00. The molecule has 1 aliphatic rings. The van der Waals surface area contributed by atoms with E-state index in [9.17, 15) is 14.7 Å². The summed E-state index contributed by atoms with van der Waals surface area (Å²) < 4.78 is 13.0. The molecule has 0 aliphatic carbocycles. The minimum absolute atomic E-state index is 0.0127. The number of aromatic nitrogens is 2. The lowest BCUT2D eigenvalue weighted by molar-refractivity contribution is 0.398. The summed E-state index contributed by atoms with van der Waals surface area (Å²) in [4.78, 5) is 30.9. The van der Waals surface area contributed by atoms with Gasteiger partial charge in [-0.3, -0.25) is 18.9 Å². The van der Waals surface area contributed by atoms with Gasteiger partial charge < -0.3 is 14.6 Å². The number of nitrogens with zero attached hydrogens (tertiary/aromatic N) is 3. The Morgan fingerprint density at radius 3 is 2.53 bits per heavy atom. The summed E-state index contributed by atoms with van der Waals surface area (Å²) in [5, 5.41) is 10.5. The van der Waals surface area contributed by atoms with Crippen LogP contribution in [-0.2, 0) is 14.1 Å². The van der Waals surface area contributed by atoms with E-state index in [1.54, 1.807) is 26.0 Å². The van der Waals surface area contributed by atoms with Gasteiger partial charge in [0.25, 0.3) is 5.56 Å². The number of ether oxygens (including phenoxy) is 2. The summed E-state index contributed by atoms with van der Waals surface area (Å²) in [7, 11) is 6.00. The Bertz CT molecular complexity index is 1340. The van der Waals surface area contributed by atoms with Crippen molar-refractivity contribution in [2.24, 2.45) is 19.1 Å². The smallest absolute Gasteiger partial charge is 0.333 e. The zero-order valence-corrected chi connectivity index (χ0v) is 19.0. The maximum atomic E-state index is 13.0. The van der Waals surface area contributed by atoms with Crippen molar-refractivity contribution in [1.29, 1.82) is 0 Å². The number of benzene rings is 2. The molecule has 0 radical (unpaired) electrons. The van der Waals surface area contributed by atoms with Gasteiger partial charge in [-0.05, 0) is 30.3 Å². The van der Waals surface area contributed by atoms with E-state index >= 15 is 0 Å². The van der Waals surface area contributed by atoms with E-state index in [-0.39, 0.29) is 10.8 Å². The van der Waals surface area contributed by atoms with Gasteiger partial charge in [0.05, 0.1) is 25.6 Å². The van der Waals surface area contributed by atoms with E-state index in [4.69, 9.17) is 14.5 Å². The molecule has 1 aromatic heterocycles. The van der Waals surface area contributed by atoms with E-state index in [1.807, 2.05) is 42.5 Å². The third-order valence-electron chi connectivity index (χ3n) is 5.47. The number of para-hydroxylation sites is 1. The molecular formula is C23H23N3O5S. The van der Waals surface area contributed by atoms with Crippen LogP contribution in [0.15, 0.2) is 61.9 Å². The van der Waals surface area contributed by atoms with Crippen LogP contribution in [0.25, 0.3) is 0 Å². The summed E-state index contributed by atoms with van der Waals surface area (Å²) >= 11 is 1.59. The van der Waals surface area contributed by atoms with E-state index in [1.165, 1.54) is 14.1 Å². The molecule has 1 N–H and O–H groups in total. The second-order valence-electron chi connectivity index (χ2n) is 7.35. The van der Waals surface area contributed by atoms with Gasteiger partial charge in [-0.2, -0.15) is 0 Å². The SMILES string of the molecule is COc1ccc(OC)c([C@@H]2CC(c3c(O)n(C)c(=O)n(C)c3=O)=Nc3ccccc3S2)c1. The van der Waals surface area contributed by atoms with Crippen molar-refractivity contribution in [2.75, 3.05) is 14.2 Å². The van der Waals surface area contributed by atoms with Crippen molar-refractivity contribution in [3.8, 4) is 17.4 Å². The lowest BCUT2D eigenvalue weighted by Crippen LogP contribution is -2.40. The number of hydrogen-bond donors (Lipinski definition) is 1. The Hall–Kier alpha value is -3.46. The summed E-state index contributed by atoms with van der Waals surface area (Å²) in [6.07, 6.45) is 0.323. The van der Waals surface area contributed by atoms with Crippen molar-refractivity contribution >= 4 is 23.2 Å². The van der Waals surface area contributed by atoms with Gasteiger partial charge in [-0.15, -0.1) is 11.8 Å². The largest absolute Gasteiger partial charge is 0.497 e. The lowest BCUT2D eigenvalue weighted by atomic mass is 10.0. The van der Waals surface area contributed by atoms with Crippen LogP contribution < -0.4 is 20.7 Å². The monoisotopic (exact) mass is 453 g/mol. The molecule has 1 atom stereocenters. The van der Waals surface area contributed by atoms with Crippen LogP contribution in [0, 0.1) is 0 Å². The zero-order chi connectivity index (χ0) is 23.0. The van der Waals surface area contributed by atoms with Crippen LogP contribution in [-0.4, -0.2) is 34.2 Å². The van der Waals surface area contributed by atoms with Gasteiger partial charge in [0, 0.05) is 36.2 Å². The summed E-state index contributed by atoms with van der Waals surface area (Å²) in [5.41, 5.74) is 0.774. The van der Waals surface area contributed by atoms with Crippen LogP contribution >= 0.6 is 11.8 Å². The highest BCUT2D eigenvalue weighted by Gasteiger charge is 2.29. The second kappa shape index (κ2) is 8.58. The van der Waals surface area contributed by atoms with E-state index in [2.05, 4.69) is 0 Å². The Morgan fingerprint density at radius 1 is 1.06 bits per heavy atom. The van der Waals surface area contributed by atoms with Crippen LogP contribution in [0.4, 0.5) is 5.69 Å². The van der Waals surface area contributed by atoms with Crippen molar-refractivity contribution in [3.05, 3.63) is 74.4 Å². The first-order valence-corrected chi connectivity index (χ1v) is 10.8. The maximum Gasteiger partial charge on any atom is 0.333 e. The van der Waals surface area contributed by atoms with Crippen LogP contribution in [0.5, 0.6) is 17.4 Å². The van der Waals surface area contributed by atoms with Crippen molar-refractivity contribution in [1.82, 2.24) is 9.13 Å². The normalized spacial score (nSPS) is 15.5. The fourth-order valence-electron chi connectivity index (χ4n) is 3.72. The first kappa shape index (κ1) is 21.8. The molecule has 0 amide bonds. The quantitative estimate of drug-likeness (QED) is 0.652. The Balaban J connectivity index is 1.95. The molecule has 0 saturated carbocycles. The van der Waals surface area contributed by atoms with Crippen molar-refractivity contribution in [2.45, 2.75) is 16.6 Å². The molecule has 0 bridgehead atoms. The third-order valence-corrected chi connectivity index (χ3v) is 6.78. The zero-order valence-electron chi connectivity index (χ0n) is 18.2. The van der Waals surface area contributed by atoms with Gasteiger partial charge in [0.2, 0.25) is 5.88 Å². The first-order valence-electron chi connectivity index (χ1n) is 9.90. The summed E-state index contributed by atoms with van der Waals surface area (Å²) in [6.45, 7) is 0. The average molecular weight is 454 g/mol. The molecule has 32 heavy (non-hydrogen) atoms. The van der Waals surface area contributed by atoms with E-state index in [0.717, 1.165) is 19.6 Å². The Kier molecular flexibility index (Phi) is 5.84. The summed E-state index contributed by atoms with van der Waals surface area (Å²) in [5.74, 6) is 0.954. The minimum atomic E-state index is -0.605. The number of fused-ring (bicyclic) bond motifs is 1. The number of hydrogen-bond acceptors (Lipinski definition) is 7. The predicted molar refractivity (Wildman–Crippen MR) is 124 cm³/mol. The molecule has 4 rings (SSSR count). The summed E-state index contributed by atoms with van der Waals surface area (Å²) in [6, 6.07) is 13.2. The van der Waals surface area contributed by atoms with Crippen molar-refractivity contribution < 1.29 is 14.6 Å². The predicted octanol–water partition coefficient (Wildman–Crippen LogP) is 3.16. The fourth-order valence-corrected chi connectivity index (χ4v) is 4.97. The standard InChI is InChI=1S/C23H23N3O5S/c1-25-21(27)20(22(28)26(2)23(25)29)16-12-19(32-18-8-6-5-7-15(18)24-16)14-11-13(30-3)9-10-17(14)31-4/h5-11,19,27H,12H2,1-4H3/t19-/m0/s1. The molecule has 3 aromatic rings. The molecule has 1 aliphatic heterocycles. The lowest BCUT2D eigenvalue weighted by Gasteiger charge is -2.20. The fraction of sp³-hybridized carbons (Fsp3) is 0.261. The Morgan fingerprint density at radius 2 is 1.81 bits per heavy atom. The number of thioether (sulfide) groups is 1. The second-order valence-corrected chi connectivity index (χ2v) is 8.59. The molecule has 166 valence electrons. The van der Waals surface area contributed by atoms with Crippen LogP contribution in [0.3, 0.4) is 0 Å². The van der Waals surface area contributed by atoms with Gasteiger partial charge >= 0.3 is 5.69 Å². The van der Waals surface area contributed by atoms with Crippen LogP contribution in [0.1, 0.15) is 22.8 Å². The highest BCUT2D eigenvalue weighted by atomic mass is 32.2. The highest BCUT2D eigenvalue weighted by Crippen LogP contribution is 2.48. The number of aromatic hydroxyl groups is 1. The molecule has 0 unspecified atom stereocenters. The van der Waals surface area contributed by atoms with E-state index < -0.39 is 17.1 Å². The number of rotatable bonds is 4. The molecular weight excluding hydrogens is 430 g/mol.